The predicted molar refractivity (Wildman–Crippen MR) is 138 cm³/mol. The molecule has 0 unspecified atom stereocenters. The second kappa shape index (κ2) is 13.3. The summed E-state index contributed by atoms with van der Waals surface area (Å²) in [6, 6.07) is 6.82. The number of fused-ring (bicyclic) bond motifs is 1. The van der Waals surface area contributed by atoms with Crippen LogP contribution in [0.2, 0.25) is 5.02 Å². The van der Waals surface area contributed by atoms with Crippen LogP contribution < -0.4 is 11.1 Å². The Morgan fingerprint density at radius 2 is 1.88 bits per heavy atom. The maximum absolute atomic E-state index is 12.2. The highest BCUT2D eigenvalue weighted by molar-refractivity contribution is 6.30. The Labute approximate surface area is 207 Å². The number of halogens is 1. The number of ether oxygens (including phenoxy) is 1. The molecule has 0 radical (unpaired) electrons. The van der Waals surface area contributed by atoms with Gasteiger partial charge in [-0.15, -0.1) is 0 Å². The molecule has 34 heavy (non-hydrogen) atoms. The Bertz CT molecular complexity index is 1070. The van der Waals surface area contributed by atoms with Gasteiger partial charge in [0.25, 0.3) is 5.91 Å². The van der Waals surface area contributed by atoms with Crippen molar-refractivity contribution in [2.75, 3.05) is 25.5 Å². The molecule has 0 aliphatic heterocycles. The first-order chi connectivity index (χ1) is 16.5. The number of rotatable bonds is 14. The van der Waals surface area contributed by atoms with Crippen molar-refractivity contribution in [2.45, 2.75) is 65.3 Å². The maximum atomic E-state index is 12.2. The van der Waals surface area contributed by atoms with Gasteiger partial charge in [0.1, 0.15) is 11.3 Å². The number of hydrogen-bond acceptors (Lipinski definition) is 5. The zero-order valence-corrected chi connectivity index (χ0v) is 21.0. The van der Waals surface area contributed by atoms with E-state index in [1.807, 2.05) is 6.20 Å². The molecular formula is C26H36ClN5O2. The Morgan fingerprint density at radius 1 is 1.09 bits per heavy atom. The highest BCUT2D eigenvalue weighted by Crippen LogP contribution is 2.26. The minimum Gasteiger partial charge on any atom is -0.382 e. The van der Waals surface area contributed by atoms with Gasteiger partial charge in [-0.25, -0.2) is 9.97 Å². The number of anilines is 1. The molecule has 1 aromatic carbocycles. The van der Waals surface area contributed by atoms with Gasteiger partial charge in [-0.05, 0) is 49.1 Å². The molecule has 3 aromatic rings. The van der Waals surface area contributed by atoms with Crippen molar-refractivity contribution in [1.29, 1.82) is 0 Å². The van der Waals surface area contributed by atoms with Gasteiger partial charge in [-0.1, -0.05) is 44.7 Å². The number of imidazole rings is 1. The number of nitrogens with two attached hydrogens (primary N) is 1. The monoisotopic (exact) mass is 485 g/mol. The fourth-order valence-electron chi connectivity index (χ4n) is 4.05. The molecule has 0 spiro atoms. The average Bonchev–Trinajstić information content (AvgIpc) is 3.20. The lowest BCUT2D eigenvalue weighted by Crippen LogP contribution is -2.27. The Kier molecular flexibility index (Phi) is 10.2. The van der Waals surface area contributed by atoms with Crippen molar-refractivity contribution in [3.63, 3.8) is 0 Å². The number of aryl methyl sites for hydroxylation is 2. The lowest BCUT2D eigenvalue weighted by atomic mass is 10.1. The summed E-state index contributed by atoms with van der Waals surface area (Å²) < 4.78 is 8.09. The number of unbranched alkanes of at least 4 members (excludes halogenated alkanes) is 3. The molecule has 7 nitrogen and oxygen atoms in total. The third kappa shape index (κ3) is 6.93. The number of carbonyl (C=O) groups excluding carboxylic acids is 1. The van der Waals surface area contributed by atoms with Gasteiger partial charge in [-0.3, -0.25) is 4.79 Å². The lowest BCUT2D eigenvalue weighted by molar-refractivity contribution is 0.0908. The third-order valence-corrected chi connectivity index (χ3v) is 6.08. The number of nitrogen functional groups attached to an aromatic ring is 1. The average molecular weight is 486 g/mol. The summed E-state index contributed by atoms with van der Waals surface area (Å²) in [4.78, 5) is 21.4. The summed E-state index contributed by atoms with van der Waals surface area (Å²) in [5.41, 5.74) is 9.86. The molecule has 2 heterocycles. The number of pyridine rings is 1. The van der Waals surface area contributed by atoms with Gasteiger partial charge in [0.15, 0.2) is 5.82 Å². The molecule has 0 fully saturated rings. The maximum Gasteiger partial charge on any atom is 0.251 e. The van der Waals surface area contributed by atoms with Gasteiger partial charge in [0.2, 0.25) is 0 Å². The predicted octanol–water partition coefficient (Wildman–Crippen LogP) is 5.19. The van der Waals surface area contributed by atoms with Crippen LogP contribution in [0.3, 0.4) is 0 Å². The van der Waals surface area contributed by atoms with Crippen LogP contribution in [-0.4, -0.2) is 40.2 Å². The Morgan fingerprint density at radius 3 is 2.62 bits per heavy atom. The standard InChI is InChI=1S/C26H36ClN5O2/c1-3-5-6-7-9-20-18-30-25(28)23-24(20)32(22(31-23)8-4-2)15-17-34-16-14-29-26(33)19-10-12-21(27)13-11-19/h10-13,18H,3-9,14-17H2,1-2H3,(H2,28,30)(H,29,33). The molecule has 0 bridgehead atoms. The molecule has 8 heteroatoms. The Hall–Kier alpha value is -2.64. The van der Waals surface area contributed by atoms with E-state index in [0.29, 0.717) is 42.7 Å². The molecule has 3 rings (SSSR count). The number of hydrogen-bond donors (Lipinski definition) is 2. The first-order valence-corrected chi connectivity index (χ1v) is 12.7. The van der Waals surface area contributed by atoms with Gasteiger partial charge < -0.3 is 20.4 Å². The molecule has 0 saturated heterocycles. The molecule has 0 atom stereocenters. The normalized spacial score (nSPS) is 11.3. The number of aromatic nitrogens is 3. The summed E-state index contributed by atoms with van der Waals surface area (Å²) in [6.45, 7) is 6.45. The van der Waals surface area contributed by atoms with Crippen LogP contribution in [0.25, 0.3) is 11.0 Å². The SMILES string of the molecule is CCCCCCc1cnc(N)c2nc(CCC)n(CCOCCNC(=O)c3ccc(Cl)cc3)c12. The molecule has 1 amide bonds. The van der Waals surface area contributed by atoms with Crippen molar-refractivity contribution in [3.8, 4) is 0 Å². The minimum atomic E-state index is -0.137. The zero-order chi connectivity index (χ0) is 24.3. The van der Waals surface area contributed by atoms with E-state index in [1.54, 1.807) is 24.3 Å². The van der Waals surface area contributed by atoms with Crippen LogP contribution in [0.5, 0.6) is 0 Å². The van der Waals surface area contributed by atoms with Gasteiger partial charge in [0.05, 0.1) is 18.7 Å². The van der Waals surface area contributed by atoms with Crippen molar-refractivity contribution >= 4 is 34.4 Å². The number of amides is 1. The van der Waals surface area contributed by atoms with E-state index in [9.17, 15) is 4.79 Å². The van der Waals surface area contributed by atoms with E-state index >= 15 is 0 Å². The van der Waals surface area contributed by atoms with Crippen LogP contribution in [0.1, 0.15) is 67.7 Å². The van der Waals surface area contributed by atoms with Crippen LogP contribution in [0, 0.1) is 0 Å². The summed E-state index contributed by atoms with van der Waals surface area (Å²) in [6.07, 6.45) is 9.56. The first kappa shape index (κ1) is 26.0. The topological polar surface area (TPSA) is 95.1 Å². The smallest absolute Gasteiger partial charge is 0.251 e. The van der Waals surface area contributed by atoms with Crippen molar-refractivity contribution in [1.82, 2.24) is 19.9 Å². The molecule has 0 aliphatic rings. The fraction of sp³-hybridized carbons (Fsp3) is 0.500. The quantitative estimate of drug-likeness (QED) is 0.306. The number of nitrogens with zero attached hydrogens (tertiary/aromatic N) is 3. The summed E-state index contributed by atoms with van der Waals surface area (Å²) >= 11 is 5.87. The minimum absolute atomic E-state index is 0.137. The number of carbonyl (C=O) groups is 1. The third-order valence-electron chi connectivity index (χ3n) is 5.82. The second-order valence-electron chi connectivity index (χ2n) is 8.48. The highest BCUT2D eigenvalue weighted by Gasteiger charge is 2.17. The van der Waals surface area contributed by atoms with Gasteiger partial charge in [0, 0.05) is 36.3 Å². The molecule has 0 saturated carbocycles. The summed E-state index contributed by atoms with van der Waals surface area (Å²) in [5, 5.41) is 3.48. The van der Waals surface area contributed by atoms with E-state index in [2.05, 4.69) is 28.7 Å². The van der Waals surface area contributed by atoms with Crippen molar-refractivity contribution < 1.29 is 9.53 Å². The van der Waals surface area contributed by atoms with Gasteiger partial charge >= 0.3 is 0 Å². The van der Waals surface area contributed by atoms with E-state index in [-0.39, 0.29) is 5.91 Å². The summed E-state index contributed by atoms with van der Waals surface area (Å²) in [5.74, 6) is 1.36. The van der Waals surface area contributed by atoms with E-state index in [0.717, 1.165) is 42.5 Å². The second-order valence-corrected chi connectivity index (χ2v) is 8.92. The molecule has 2 aromatic heterocycles. The first-order valence-electron chi connectivity index (χ1n) is 12.3. The number of nitrogens with one attached hydrogen (secondary N) is 1. The van der Waals surface area contributed by atoms with E-state index < -0.39 is 0 Å². The van der Waals surface area contributed by atoms with Crippen LogP contribution in [0.15, 0.2) is 30.5 Å². The zero-order valence-electron chi connectivity index (χ0n) is 20.3. The van der Waals surface area contributed by atoms with Crippen LogP contribution >= 0.6 is 11.6 Å². The van der Waals surface area contributed by atoms with E-state index in [4.69, 9.17) is 27.1 Å². The van der Waals surface area contributed by atoms with Crippen molar-refractivity contribution in [3.05, 3.63) is 52.4 Å². The lowest BCUT2D eigenvalue weighted by Gasteiger charge is -2.13. The van der Waals surface area contributed by atoms with Crippen LogP contribution in [-0.2, 0) is 24.1 Å². The molecule has 0 aliphatic carbocycles. The Balaban J connectivity index is 1.60. The molecule has 184 valence electrons. The molecular weight excluding hydrogens is 450 g/mol. The van der Waals surface area contributed by atoms with Gasteiger partial charge in [-0.2, -0.15) is 0 Å². The van der Waals surface area contributed by atoms with E-state index in [1.165, 1.54) is 24.8 Å². The number of benzene rings is 1. The fourth-order valence-corrected chi connectivity index (χ4v) is 4.18. The van der Waals surface area contributed by atoms with Crippen LogP contribution in [0.4, 0.5) is 5.82 Å². The molecule has 3 N–H and O–H groups in total. The van der Waals surface area contributed by atoms with Crippen molar-refractivity contribution in [2.24, 2.45) is 0 Å². The highest BCUT2D eigenvalue weighted by atomic mass is 35.5. The largest absolute Gasteiger partial charge is 0.382 e. The summed E-state index contributed by atoms with van der Waals surface area (Å²) in [7, 11) is 0.